The van der Waals surface area contributed by atoms with E-state index in [1.54, 1.807) is 0 Å². The van der Waals surface area contributed by atoms with Crippen LogP contribution in [0.25, 0.3) is 0 Å². The van der Waals surface area contributed by atoms with Gasteiger partial charge in [0, 0.05) is 11.3 Å². The molecule has 1 saturated heterocycles. The van der Waals surface area contributed by atoms with E-state index in [1.807, 2.05) is 0 Å². The number of hydrogen-bond donors (Lipinski definition) is 2. The molecule has 0 spiro atoms. The van der Waals surface area contributed by atoms with Gasteiger partial charge in [0.15, 0.2) is 0 Å². The van der Waals surface area contributed by atoms with Crippen LogP contribution in [0.2, 0.25) is 0 Å². The smallest absolute Gasteiger partial charge is 0.309 e. The van der Waals surface area contributed by atoms with Crippen molar-refractivity contribution in [1.29, 1.82) is 0 Å². The van der Waals surface area contributed by atoms with Crippen LogP contribution in [0.5, 0.6) is 0 Å². The van der Waals surface area contributed by atoms with E-state index in [0.29, 0.717) is 19.3 Å². The molecule has 5 heteroatoms. The number of carbonyl (C=O) groups is 2. The van der Waals surface area contributed by atoms with Crippen molar-refractivity contribution < 1.29 is 24.5 Å². The third kappa shape index (κ3) is 2.97. The molecule has 4 aliphatic carbocycles. The van der Waals surface area contributed by atoms with Crippen molar-refractivity contribution in [2.75, 3.05) is 0 Å². The third-order valence-electron chi connectivity index (χ3n) is 12.6. The molecule has 0 aromatic heterocycles. The Morgan fingerprint density at radius 1 is 1.00 bits per heavy atom. The van der Waals surface area contributed by atoms with Gasteiger partial charge in [0.25, 0.3) is 0 Å². The zero-order valence-electron chi connectivity index (χ0n) is 22.2. The molecule has 5 nitrogen and oxygen atoms in total. The fourth-order valence-corrected chi connectivity index (χ4v) is 10.8. The minimum absolute atomic E-state index is 0.00558. The van der Waals surface area contributed by atoms with Crippen LogP contribution in [0.15, 0.2) is 24.3 Å². The van der Waals surface area contributed by atoms with Crippen LogP contribution in [0, 0.1) is 51.2 Å². The predicted octanol–water partition coefficient (Wildman–Crippen LogP) is 5.77. The van der Waals surface area contributed by atoms with Crippen LogP contribution in [0.3, 0.4) is 0 Å². The molecule has 0 amide bonds. The summed E-state index contributed by atoms with van der Waals surface area (Å²) in [6, 6.07) is 0. The summed E-state index contributed by atoms with van der Waals surface area (Å²) in [6.07, 6.45) is 4.64. The molecule has 1 aliphatic heterocycles. The van der Waals surface area contributed by atoms with Crippen LogP contribution >= 0.6 is 0 Å². The Labute approximate surface area is 210 Å². The zero-order chi connectivity index (χ0) is 25.7. The van der Waals surface area contributed by atoms with Crippen LogP contribution in [0.4, 0.5) is 0 Å². The Hall–Kier alpha value is -1.62. The highest BCUT2D eigenvalue weighted by Crippen LogP contribution is 2.76. The van der Waals surface area contributed by atoms with Gasteiger partial charge in [-0.05, 0) is 93.3 Å². The second-order valence-electron chi connectivity index (χ2n) is 13.7. The molecule has 1 heterocycles. The standard InChI is InChI=1S/C30H44O5/c1-16(2)18-8-11-30(26(33)34)13-12-27(5)20(24(18)30)14-21-25-28(27,6)10-9-19(17(3)4)29(25,7)22(31)15-23(32)35-21/h18-22,24-25,31H,1,3,8-15H2,2,4-7H3,(H,33,34)/t18-,19-,20?,21+,22+,24?,25?,27+,28+,29+,30-/m0/s1. The number of hydrogen-bond acceptors (Lipinski definition) is 4. The first-order valence-corrected chi connectivity index (χ1v) is 13.7. The predicted molar refractivity (Wildman–Crippen MR) is 134 cm³/mol. The van der Waals surface area contributed by atoms with Crippen molar-refractivity contribution in [2.45, 2.75) is 98.2 Å². The van der Waals surface area contributed by atoms with E-state index in [1.165, 1.54) is 0 Å². The average molecular weight is 485 g/mol. The summed E-state index contributed by atoms with van der Waals surface area (Å²) in [6.45, 7) is 19.7. The number of carbonyl (C=O) groups excluding carboxylic acids is 1. The van der Waals surface area contributed by atoms with E-state index in [-0.39, 0.29) is 58.9 Å². The van der Waals surface area contributed by atoms with Gasteiger partial charge in [0.1, 0.15) is 6.10 Å². The Bertz CT molecular complexity index is 985. The van der Waals surface area contributed by atoms with Crippen molar-refractivity contribution in [3.05, 3.63) is 24.3 Å². The van der Waals surface area contributed by atoms with E-state index in [9.17, 15) is 19.8 Å². The minimum atomic E-state index is -0.775. The lowest BCUT2D eigenvalue weighted by molar-refractivity contribution is -0.259. The highest BCUT2D eigenvalue weighted by molar-refractivity contribution is 5.76. The average Bonchev–Trinajstić information content (AvgIpc) is 3.12. The molecule has 5 aliphatic rings. The molecule has 0 bridgehead atoms. The quantitative estimate of drug-likeness (QED) is 0.392. The number of fused-ring (bicyclic) bond motifs is 4. The van der Waals surface area contributed by atoms with Gasteiger partial charge < -0.3 is 14.9 Å². The molecule has 0 aromatic carbocycles. The van der Waals surface area contributed by atoms with E-state index >= 15 is 0 Å². The fraction of sp³-hybridized carbons (Fsp3) is 0.800. The second-order valence-corrected chi connectivity index (χ2v) is 13.7. The van der Waals surface area contributed by atoms with Gasteiger partial charge in [-0.15, -0.1) is 0 Å². The molecule has 194 valence electrons. The number of allylic oxidation sites excluding steroid dienone is 2. The van der Waals surface area contributed by atoms with Crippen LogP contribution in [-0.2, 0) is 14.3 Å². The van der Waals surface area contributed by atoms with Crippen molar-refractivity contribution >= 4 is 11.9 Å². The second kappa shape index (κ2) is 7.69. The molecule has 35 heavy (non-hydrogen) atoms. The maximum absolute atomic E-state index is 13.0. The SMILES string of the molecule is C=C(C)[C@@H]1CC[C@]2(C(=O)O)CC[C@]3(C)C(C[C@H]4OC(=O)C[C@@H](O)[C@]5(C)C4[C@@]3(C)CC[C@H]5C(=C)C)C12. The first kappa shape index (κ1) is 25.0. The molecular formula is C30H44O5. The Balaban J connectivity index is 1.69. The number of carboxylic acids is 1. The van der Waals surface area contributed by atoms with E-state index in [0.717, 1.165) is 36.8 Å². The molecule has 2 N–H and O–H groups in total. The molecule has 0 radical (unpaired) electrons. The van der Waals surface area contributed by atoms with Gasteiger partial charge in [-0.3, -0.25) is 9.59 Å². The Morgan fingerprint density at radius 3 is 2.29 bits per heavy atom. The monoisotopic (exact) mass is 484 g/mol. The lowest BCUT2D eigenvalue weighted by Crippen LogP contribution is -2.69. The number of ether oxygens (including phenoxy) is 1. The van der Waals surface area contributed by atoms with Gasteiger partial charge in [-0.2, -0.15) is 0 Å². The molecule has 11 atom stereocenters. The zero-order valence-corrected chi connectivity index (χ0v) is 22.2. The topological polar surface area (TPSA) is 83.8 Å². The van der Waals surface area contributed by atoms with E-state index < -0.39 is 22.9 Å². The Morgan fingerprint density at radius 2 is 1.69 bits per heavy atom. The summed E-state index contributed by atoms with van der Waals surface area (Å²) in [5.41, 5.74) is 0.644. The number of rotatable bonds is 3. The largest absolute Gasteiger partial charge is 0.481 e. The molecule has 5 rings (SSSR count). The van der Waals surface area contributed by atoms with Crippen molar-refractivity contribution in [2.24, 2.45) is 51.2 Å². The lowest BCUT2D eigenvalue weighted by atomic mass is 9.33. The first-order chi connectivity index (χ1) is 16.2. The van der Waals surface area contributed by atoms with Gasteiger partial charge in [-0.25, -0.2) is 0 Å². The van der Waals surface area contributed by atoms with Crippen molar-refractivity contribution in [1.82, 2.24) is 0 Å². The summed E-state index contributed by atoms with van der Waals surface area (Å²) in [7, 11) is 0. The lowest BCUT2D eigenvalue weighted by Gasteiger charge is -2.71. The molecule has 4 saturated carbocycles. The number of aliphatic hydroxyl groups excluding tert-OH is 1. The number of carboxylic acid groups (broad SMARTS) is 1. The number of aliphatic carboxylic acids is 1. The van der Waals surface area contributed by atoms with Crippen molar-refractivity contribution in [3.63, 3.8) is 0 Å². The van der Waals surface area contributed by atoms with Crippen LogP contribution in [-0.4, -0.2) is 34.4 Å². The minimum Gasteiger partial charge on any atom is -0.481 e. The van der Waals surface area contributed by atoms with Crippen LogP contribution < -0.4 is 0 Å². The Kier molecular flexibility index (Phi) is 5.51. The summed E-state index contributed by atoms with van der Waals surface area (Å²) in [5, 5.41) is 22.1. The fourth-order valence-electron chi connectivity index (χ4n) is 10.8. The van der Waals surface area contributed by atoms with Gasteiger partial charge >= 0.3 is 11.9 Å². The molecular weight excluding hydrogens is 440 g/mol. The number of aliphatic hydroxyl groups is 1. The summed E-state index contributed by atoms with van der Waals surface area (Å²) >= 11 is 0. The summed E-state index contributed by atoms with van der Waals surface area (Å²) < 4.78 is 6.21. The third-order valence-corrected chi connectivity index (χ3v) is 12.6. The van der Waals surface area contributed by atoms with Gasteiger partial charge in [0.2, 0.25) is 0 Å². The maximum Gasteiger partial charge on any atom is 0.309 e. The van der Waals surface area contributed by atoms with Crippen molar-refractivity contribution in [3.8, 4) is 0 Å². The first-order valence-electron chi connectivity index (χ1n) is 13.7. The van der Waals surface area contributed by atoms with E-state index in [2.05, 4.69) is 47.8 Å². The molecule has 5 fully saturated rings. The van der Waals surface area contributed by atoms with E-state index in [4.69, 9.17) is 4.74 Å². The van der Waals surface area contributed by atoms with Gasteiger partial charge in [0.05, 0.1) is 17.9 Å². The summed E-state index contributed by atoms with van der Waals surface area (Å²) in [5.74, 6) is -0.528. The molecule has 0 aromatic rings. The number of esters is 1. The maximum atomic E-state index is 13.0. The highest BCUT2D eigenvalue weighted by atomic mass is 16.5. The summed E-state index contributed by atoms with van der Waals surface area (Å²) in [4.78, 5) is 25.8. The van der Waals surface area contributed by atoms with Gasteiger partial charge in [-0.1, -0.05) is 45.1 Å². The van der Waals surface area contributed by atoms with Crippen LogP contribution in [0.1, 0.15) is 86.0 Å². The molecule has 3 unspecified atom stereocenters. The normalized spacial score (nSPS) is 52.9. The highest BCUT2D eigenvalue weighted by Gasteiger charge is 2.74.